The smallest absolute Gasteiger partial charge is 0.253 e. The van der Waals surface area contributed by atoms with Crippen molar-refractivity contribution in [1.29, 1.82) is 0 Å². The molecule has 4 rings (SSSR count). The van der Waals surface area contributed by atoms with Crippen molar-refractivity contribution in [2.75, 3.05) is 13.1 Å². The van der Waals surface area contributed by atoms with E-state index in [0.717, 1.165) is 42.7 Å². The van der Waals surface area contributed by atoms with Crippen LogP contribution in [0.15, 0.2) is 18.2 Å². The molecule has 140 valence electrons. The molecule has 3 unspecified atom stereocenters. The lowest BCUT2D eigenvalue weighted by Crippen LogP contribution is -2.52. The lowest BCUT2D eigenvalue weighted by Gasteiger charge is -2.41. The van der Waals surface area contributed by atoms with Crippen molar-refractivity contribution < 1.29 is 4.79 Å². The summed E-state index contributed by atoms with van der Waals surface area (Å²) >= 11 is 0. The van der Waals surface area contributed by atoms with Crippen LogP contribution >= 0.6 is 0 Å². The Morgan fingerprint density at radius 3 is 2.69 bits per heavy atom. The molecule has 0 radical (unpaired) electrons. The minimum atomic E-state index is 0.127. The number of hydrogen-bond donors (Lipinski definition) is 0. The molecule has 1 amide bonds. The van der Waals surface area contributed by atoms with Crippen LogP contribution in [-0.2, 0) is 6.54 Å². The summed E-state index contributed by atoms with van der Waals surface area (Å²) in [6, 6.07) is 7.53. The van der Waals surface area contributed by atoms with Crippen LogP contribution in [0.25, 0.3) is 11.0 Å². The molecule has 0 saturated carbocycles. The molecular formula is C20H29N5O. The van der Waals surface area contributed by atoms with Gasteiger partial charge in [0.25, 0.3) is 5.91 Å². The number of amides is 1. The zero-order valence-electron chi connectivity index (χ0n) is 16.1. The first-order valence-electron chi connectivity index (χ1n) is 9.98. The topological polar surface area (TPSA) is 54.3 Å². The third kappa shape index (κ3) is 3.00. The maximum absolute atomic E-state index is 13.1. The number of nitrogens with zero attached hydrogens (tertiary/aromatic N) is 5. The van der Waals surface area contributed by atoms with Crippen LogP contribution in [0.2, 0.25) is 0 Å². The monoisotopic (exact) mass is 355 g/mol. The van der Waals surface area contributed by atoms with Crippen molar-refractivity contribution in [2.45, 2.75) is 71.1 Å². The fourth-order valence-electron chi connectivity index (χ4n) is 4.84. The van der Waals surface area contributed by atoms with Gasteiger partial charge >= 0.3 is 0 Å². The number of fused-ring (bicyclic) bond motifs is 1. The van der Waals surface area contributed by atoms with Gasteiger partial charge in [0.15, 0.2) is 0 Å². The fourth-order valence-corrected chi connectivity index (χ4v) is 4.84. The number of piperidine rings is 1. The average molecular weight is 355 g/mol. The second kappa shape index (κ2) is 6.99. The van der Waals surface area contributed by atoms with Crippen LogP contribution in [-0.4, -0.2) is 61.9 Å². The molecular weight excluding hydrogens is 326 g/mol. The number of rotatable bonds is 3. The number of aromatic nitrogens is 3. The molecule has 2 saturated heterocycles. The molecule has 6 nitrogen and oxygen atoms in total. The molecule has 2 aliphatic rings. The highest BCUT2D eigenvalue weighted by Gasteiger charge is 2.36. The second-order valence-corrected chi connectivity index (χ2v) is 7.88. The fraction of sp³-hybridized carbons (Fsp3) is 0.650. The molecule has 0 N–H and O–H groups in total. The highest BCUT2D eigenvalue weighted by molar-refractivity contribution is 5.97. The van der Waals surface area contributed by atoms with Crippen LogP contribution in [0.5, 0.6) is 0 Å². The van der Waals surface area contributed by atoms with Gasteiger partial charge in [-0.05, 0) is 64.7 Å². The molecule has 2 aromatic rings. The molecule has 3 heterocycles. The predicted molar refractivity (Wildman–Crippen MR) is 102 cm³/mol. The summed E-state index contributed by atoms with van der Waals surface area (Å²) in [4.78, 5) is 17.8. The largest absolute Gasteiger partial charge is 0.337 e. The van der Waals surface area contributed by atoms with E-state index in [1.165, 1.54) is 19.3 Å². The molecule has 1 aromatic heterocycles. The summed E-state index contributed by atoms with van der Waals surface area (Å²) < 4.78 is 1.86. The van der Waals surface area contributed by atoms with E-state index in [-0.39, 0.29) is 5.91 Å². The van der Waals surface area contributed by atoms with Crippen molar-refractivity contribution in [2.24, 2.45) is 0 Å². The maximum Gasteiger partial charge on any atom is 0.253 e. The Balaban J connectivity index is 1.52. The van der Waals surface area contributed by atoms with Gasteiger partial charge in [-0.3, -0.25) is 9.69 Å². The predicted octanol–water partition coefficient (Wildman–Crippen LogP) is 2.93. The van der Waals surface area contributed by atoms with Crippen LogP contribution in [0, 0.1) is 0 Å². The van der Waals surface area contributed by atoms with Gasteiger partial charge in [-0.25, -0.2) is 4.68 Å². The van der Waals surface area contributed by atoms with Crippen LogP contribution in [0.4, 0.5) is 0 Å². The molecule has 6 heteroatoms. The summed E-state index contributed by atoms with van der Waals surface area (Å²) in [7, 11) is 0. The quantitative estimate of drug-likeness (QED) is 0.849. The molecule has 3 atom stereocenters. The van der Waals surface area contributed by atoms with E-state index in [1.54, 1.807) is 0 Å². The van der Waals surface area contributed by atoms with E-state index in [9.17, 15) is 4.79 Å². The van der Waals surface area contributed by atoms with Gasteiger partial charge in [-0.1, -0.05) is 5.21 Å². The van der Waals surface area contributed by atoms with Crippen molar-refractivity contribution in [3.63, 3.8) is 0 Å². The highest BCUT2D eigenvalue weighted by Crippen LogP contribution is 2.30. The molecule has 2 aliphatic heterocycles. The number of benzene rings is 1. The number of hydrogen-bond acceptors (Lipinski definition) is 4. The summed E-state index contributed by atoms with van der Waals surface area (Å²) in [6.45, 7) is 9.18. The number of likely N-dealkylation sites (tertiary alicyclic amines) is 2. The van der Waals surface area contributed by atoms with E-state index in [0.29, 0.717) is 18.1 Å². The Labute approximate surface area is 155 Å². The van der Waals surface area contributed by atoms with Gasteiger partial charge in [-0.2, -0.15) is 0 Å². The lowest BCUT2D eigenvalue weighted by atomic mass is 10.0. The van der Waals surface area contributed by atoms with E-state index in [1.807, 2.05) is 34.7 Å². The third-order valence-corrected chi connectivity index (χ3v) is 6.19. The zero-order valence-corrected chi connectivity index (χ0v) is 16.1. The summed E-state index contributed by atoms with van der Waals surface area (Å²) in [5.41, 5.74) is 2.51. The number of carbonyl (C=O) groups is 1. The van der Waals surface area contributed by atoms with Gasteiger partial charge in [0.1, 0.15) is 5.52 Å². The molecule has 0 aliphatic carbocycles. The van der Waals surface area contributed by atoms with E-state index in [2.05, 4.69) is 29.1 Å². The number of aryl methyl sites for hydroxylation is 1. The minimum Gasteiger partial charge on any atom is -0.337 e. The number of carbonyl (C=O) groups excluding carboxylic acids is 1. The Hall–Kier alpha value is -1.95. The second-order valence-electron chi connectivity index (χ2n) is 7.88. The van der Waals surface area contributed by atoms with Crippen LogP contribution < -0.4 is 0 Å². The molecule has 26 heavy (non-hydrogen) atoms. The van der Waals surface area contributed by atoms with Gasteiger partial charge < -0.3 is 4.90 Å². The summed E-state index contributed by atoms with van der Waals surface area (Å²) in [5.74, 6) is 0.127. The van der Waals surface area contributed by atoms with Gasteiger partial charge in [0.05, 0.1) is 5.52 Å². The van der Waals surface area contributed by atoms with Crippen LogP contribution in [0.3, 0.4) is 0 Å². The first-order valence-corrected chi connectivity index (χ1v) is 9.98. The van der Waals surface area contributed by atoms with Crippen LogP contribution in [0.1, 0.15) is 56.8 Å². The van der Waals surface area contributed by atoms with E-state index in [4.69, 9.17) is 0 Å². The van der Waals surface area contributed by atoms with Crippen molar-refractivity contribution in [1.82, 2.24) is 24.8 Å². The zero-order chi connectivity index (χ0) is 18.3. The Kier molecular flexibility index (Phi) is 4.69. The first-order chi connectivity index (χ1) is 12.6. The Bertz CT molecular complexity index is 791. The van der Waals surface area contributed by atoms with Gasteiger partial charge in [0, 0.05) is 43.3 Å². The Morgan fingerprint density at radius 2 is 1.96 bits per heavy atom. The lowest BCUT2D eigenvalue weighted by molar-refractivity contribution is 0.0487. The molecule has 0 bridgehead atoms. The minimum absolute atomic E-state index is 0.127. The third-order valence-electron chi connectivity index (χ3n) is 6.19. The first kappa shape index (κ1) is 17.5. The summed E-state index contributed by atoms with van der Waals surface area (Å²) in [6.07, 6.45) is 4.83. The van der Waals surface area contributed by atoms with E-state index < -0.39 is 0 Å². The maximum atomic E-state index is 13.1. The standard InChI is InChI=1S/C20H29N5O/c1-4-24-19-10-9-16(12-18(19)21-22-24)20(26)23-11-5-6-17(13-23)25-14(2)7-8-15(25)3/h9-10,12,14-15,17H,4-8,11,13H2,1-3H3. The average Bonchev–Trinajstić information content (AvgIpc) is 3.23. The molecule has 0 spiro atoms. The SMILES string of the molecule is CCn1nnc2cc(C(=O)N3CCCC(N4C(C)CCC4C)C3)ccc21. The normalized spacial score (nSPS) is 27.3. The molecule has 1 aromatic carbocycles. The highest BCUT2D eigenvalue weighted by atomic mass is 16.2. The van der Waals surface area contributed by atoms with Gasteiger partial charge in [-0.15, -0.1) is 5.10 Å². The van der Waals surface area contributed by atoms with Crippen molar-refractivity contribution in [3.8, 4) is 0 Å². The van der Waals surface area contributed by atoms with Crippen molar-refractivity contribution >= 4 is 16.9 Å². The Morgan fingerprint density at radius 1 is 1.19 bits per heavy atom. The van der Waals surface area contributed by atoms with Gasteiger partial charge in [0.2, 0.25) is 0 Å². The van der Waals surface area contributed by atoms with E-state index >= 15 is 0 Å². The van der Waals surface area contributed by atoms with Crippen molar-refractivity contribution in [3.05, 3.63) is 23.8 Å². The molecule has 2 fully saturated rings. The summed E-state index contributed by atoms with van der Waals surface area (Å²) in [5, 5.41) is 8.35.